The normalized spacial score (nSPS) is 22.6. The molecule has 0 radical (unpaired) electrons. The maximum Gasteiger partial charge on any atom is 0.0449 e. The molecular weight excluding hydrogens is 208 g/mol. The Labute approximate surface area is 105 Å². The van der Waals surface area contributed by atoms with Crippen molar-refractivity contribution in [3.05, 3.63) is 35.9 Å². The lowest BCUT2D eigenvalue weighted by atomic mass is 9.94. The fourth-order valence-corrected chi connectivity index (χ4v) is 2.53. The van der Waals surface area contributed by atoms with Crippen molar-refractivity contribution in [3.63, 3.8) is 0 Å². The van der Waals surface area contributed by atoms with E-state index in [0.717, 1.165) is 13.1 Å². The molecule has 0 amide bonds. The predicted molar refractivity (Wildman–Crippen MR) is 73.1 cm³/mol. The highest BCUT2D eigenvalue weighted by Crippen LogP contribution is 2.21. The number of benzene rings is 1. The number of nitrogens with zero attached hydrogens (tertiary/aromatic N) is 1. The summed E-state index contributed by atoms with van der Waals surface area (Å²) >= 11 is 0. The van der Waals surface area contributed by atoms with Crippen molar-refractivity contribution in [2.24, 2.45) is 5.41 Å². The van der Waals surface area contributed by atoms with Crippen molar-refractivity contribution in [2.75, 3.05) is 26.2 Å². The molecule has 2 heteroatoms. The minimum Gasteiger partial charge on any atom is -0.308 e. The predicted octanol–water partition coefficient (Wildman–Crippen LogP) is 2.68. The third kappa shape index (κ3) is 3.83. The Morgan fingerprint density at radius 1 is 1.24 bits per heavy atom. The van der Waals surface area contributed by atoms with Crippen molar-refractivity contribution < 1.29 is 0 Å². The second-order valence-electron chi connectivity index (χ2n) is 6.21. The van der Waals surface area contributed by atoms with Crippen molar-refractivity contribution in [2.45, 2.75) is 26.8 Å². The summed E-state index contributed by atoms with van der Waals surface area (Å²) in [7, 11) is 0. The summed E-state index contributed by atoms with van der Waals surface area (Å²) in [6, 6.07) is 11.3. The van der Waals surface area contributed by atoms with Crippen LogP contribution in [0.25, 0.3) is 0 Å². The Bertz CT molecular complexity index is 340. The number of nitrogens with one attached hydrogen (secondary N) is 1. The molecule has 1 aliphatic rings. The average molecular weight is 232 g/mol. The maximum atomic E-state index is 3.61. The Hall–Kier alpha value is -0.860. The van der Waals surface area contributed by atoms with Crippen LogP contribution in [-0.4, -0.2) is 31.1 Å². The van der Waals surface area contributed by atoms with Crippen molar-refractivity contribution >= 4 is 0 Å². The molecule has 1 unspecified atom stereocenters. The molecular formula is C15H24N2. The second kappa shape index (κ2) is 5.19. The van der Waals surface area contributed by atoms with Gasteiger partial charge in [-0.15, -0.1) is 0 Å². The van der Waals surface area contributed by atoms with Crippen LogP contribution in [0.1, 0.15) is 32.4 Å². The van der Waals surface area contributed by atoms with E-state index in [2.05, 4.69) is 61.3 Å². The summed E-state index contributed by atoms with van der Waals surface area (Å²) in [5, 5.41) is 3.61. The first kappa shape index (κ1) is 12.6. The van der Waals surface area contributed by atoms with E-state index in [9.17, 15) is 0 Å². The largest absolute Gasteiger partial charge is 0.308 e. The van der Waals surface area contributed by atoms with Crippen LogP contribution in [0.15, 0.2) is 30.3 Å². The first-order chi connectivity index (χ1) is 8.04. The van der Waals surface area contributed by atoms with E-state index in [1.807, 2.05) is 0 Å². The molecule has 1 heterocycles. The Morgan fingerprint density at radius 2 is 1.94 bits per heavy atom. The van der Waals surface area contributed by atoms with E-state index in [1.54, 1.807) is 0 Å². The Kier molecular flexibility index (Phi) is 3.85. The quantitative estimate of drug-likeness (QED) is 0.843. The van der Waals surface area contributed by atoms with Gasteiger partial charge in [-0.3, -0.25) is 4.90 Å². The highest BCUT2D eigenvalue weighted by Gasteiger charge is 2.23. The van der Waals surface area contributed by atoms with Gasteiger partial charge in [0.05, 0.1) is 0 Å². The zero-order chi connectivity index (χ0) is 12.3. The van der Waals surface area contributed by atoms with Gasteiger partial charge in [-0.1, -0.05) is 51.1 Å². The molecule has 0 aromatic heterocycles. The second-order valence-corrected chi connectivity index (χ2v) is 6.21. The van der Waals surface area contributed by atoms with Crippen LogP contribution in [0.2, 0.25) is 0 Å². The van der Waals surface area contributed by atoms with Crippen LogP contribution in [0.3, 0.4) is 0 Å². The molecule has 0 bridgehead atoms. The van der Waals surface area contributed by atoms with E-state index < -0.39 is 0 Å². The summed E-state index contributed by atoms with van der Waals surface area (Å²) in [4.78, 5) is 2.58. The lowest BCUT2D eigenvalue weighted by Gasteiger charge is -2.37. The number of hydrogen-bond donors (Lipinski definition) is 1. The summed E-state index contributed by atoms with van der Waals surface area (Å²) in [5.41, 5.74) is 1.80. The first-order valence-corrected chi connectivity index (χ1v) is 6.55. The summed E-state index contributed by atoms with van der Waals surface area (Å²) in [6.45, 7) is 11.5. The van der Waals surface area contributed by atoms with Crippen LogP contribution in [0, 0.1) is 5.41 Å². The van der Waals surface area contributed by atoms with Gasteiger partial charge in [0.15, 0.2) is 0 Å². The lowest BCUT2D eigenvalue weighted by molar-refractivity contribution is 0.147. The molecule has 2 rings (SSSR count). The third-order valence-electron chi connectivity index (χ3n) is 3.16. The molecule has 0 saturated carbocycles. The smallest absolute Gasteiger partial charge is 0.0449 e. The topological polar surface area (TPSA) is 15.3 Å². The van der Waals surface area contributed by atoms with Crippen LogP contribution in [0.5, 0.6) is 0 Å². The van der Waals surface area contributed by atoms with E-state index >= 15 is 0 Å². The van der Waals surface area contributed by atoms with E-state index in [1.165, 1.54) is 18.7 Å². The molecule has 1 atom stereocenters. The molecule has 1 aromatic carbocycles. The fourth-order valence-electron chi connectivity index (χ4n) is 2.53. The molecule has 94 valence electrons. The highest BCUT2D eigenvalue weighted by molar-refractivity contribution is 5.19. The molecule has 1 saturated heterocycles. The number of hydrogen-bond acceptors (Lipinski definition) is 2. The molecule has 1 fully saturated rings. The van der Waals surface area contributed by atoms with Crippen LogP contribution >= 0.6 is 0 Å². The van der Waals surface area contributed by atoms with Crippen LogP contribution in [-0.2, 0) is 0 Å². The van der Waals surface area contributed by atoms with Gasteiger partial charge in [-0.25, -0.2) is 0 Å². The summed E-state index contributed by atoms with van der Waals surface area (Å²) in [5.74, 6) is 0. The summed E-state index contributed by atoms with van der Waals surface area (Å²) in [6.07, 6.45) is 0. The minimum atomic E-state index is 0.387. The molecule has 1 aliphatic heterocycles. The van der Waals surface area contributed by atoms with Crippen molar-refractivity contribution in [1.82, 2.24) is 10.2 Å². The summed E-state index contributed by atoms with van der Waals surface area (Å²) < 4.78 is 0. The third-order valence-corrected chi connectivity index (χ3v) is 3.16. The van der Waals surface area contributed by atoms with Gasteiger partial charge < -0.3 is 5.32 Å². The maximum absolute atomic E-state index is 3.61. The number of piperazine rings is 1. The van der Waals surface area contributed by atoms with Crippen LogP contribution in [0.4, 0.5) is 0 Å². The highest BCUT2D eigenvalue weighted by atomic mass is 15.2. The van der Waals surface area contributed by atoms with Gasteiger partial charge in [0.2, 0.25) is 0 Å². The lowest BCUT2D eigenvalue weighted by Crippen LogP contribution is -2.48. The van der Waals surface area contributed by atoms with Crippen molar-refractivity contribution in [1.29, 1.82) is 0 Å². The van der Waals surface area contributed by atoms with Gasteiger partial charge >= 0.3 is 0 Å². The molecule has 1 N–H and O–H groups in total. The Morgan fingerprint density at radius 3 is 2.59 bits per heavy atom. The fraction of sp³-hybridized carbons (Fsp3) is 0.600. The van der Waals surface area contributed by atoms with Crippen molar-refractivity contribution in [3.8, 4) is 0 Å². The number of rotatable bonds is 2. The molecule has 0 spiro atoms. The van der Waals surface area contributed by atoms with E-state index in [0.29, 0.717) is 11.5 Å². The minimum absolute atomic E-state index is 0.387. The Balaban J connectivity index is 1.98. The SMILES string of the molecule is CC(C)(C)CN1CCNC(c2ccccc2)C1. The van der Waals surface area contributed by atoms with Gasteiger partial charge in [0, 0.05) is 32.2 Å². The molecule has 2 nitrogen and oxygen atoms in total. The molecule has 1 aromatic rings. The zero-order valence-electron chi connectivity index (χ0n) is 11.2. The zero-order valence-corrected chi connectivity index (χ0v) is 11.2. The van der Waals surface area contributed by atoms with Gasteiger partial charge in [0.1, 0.15) is 0 Å². The first-order valence-electron chi connectivity index (χ1n) is 6.55. The van der Waals surface area contributed by atoms with E-state index in [-0.39, 0.29) is 0 Å². The van der Waals surface area contributed by atoms with E-state index in [4.69, 9.17) is 0 Å². The van der Waals surface area contributed by atoms with Crippen LogP contribution < -0.4 is 5.32 Å². The van der Waals surface area contributed by atoms with Gasteiger partial charge in [0.25, 0.3) is 0 Å². The van der Waals surface area contributed by atoms with Gasteiger partial charge in [-0.2, -0.15) is 0 Å². The molecule has 17 heavy (non-hydrogen) atoms. The average Bonchev–Trinajstić information content (AvgIpc) is 2.28. The van der Waals surface area contributed by atoms with Gasteiger partial charge in [-0.05, 0) is 11.0 Å². The standard InChI is InChI=1S/C15H24N2/c1-15(2,3)12-17-10-9-16-14(11-17)13-7-5-4-6-8-13/h4-8,14,16H,9-12H2,1-3H3. The molecule has 0 aliphatic carbocycles. The monoisotopic (exact) mass is 232 g/mol.